The Hall–Kier alpha value is -1.23. The number of carbonyl (C=O) groups excluding carboxylic acids is 1. The van der Waals surface area contributed by atoms with Gasteiger partial charge in [-0.2, -0.15) is 0 Å². The third-order valence-electron chi connectivity index (χ3n) is 2.27. The average molecular weight is 262 g/mol. The minimum Gasteiger partial charge on any atom is -0.480 e. The van der Waals surface area contributed by atoms with Gasteiger partial charge in [-0.3, -0.25) is 4.90 Å². The van der Waals surface area contributed by atoms with E-state index in [0.717, 1.165) is 0 Å². The zero-order valence-corrected chi connectivity index (χ0v) is 10.8. The van der Waals surface area contributed by atoms with E-state index in [9.17, 15) is 9.59 Å². The van der Waals surface area contributed by atoms with Crippen molar-refractivity contribution >= 4 is 23.7 Å². The Balaban J connectivity index is 2.81. The van der Waals surface area contributed by atoms with E-state index in [1.807, 2.05) is 0 Å². The topological polar surface area (TPSA) is 66.8 Å². The van der Waals surface area contributed by atoms with Crippen molar-refractivity contribution in [3.05, 3.63) is 11.1 Å². The summed E-state index contributed by atoms with van der Waals surface area (Å²) in [7, 11) is 0. The van der Waals surface area contributed by atoms with Gasteiger partial charge in [0, 0.05) is 18.5 Å². The number of rotatable bonds is 1. The van der Waals surface area contributed by atoms with Gasteiger partial charge in [-0.25, -0.2) is 9.59 Å². The van der Waals surface area contributed by atoms with E-state index in [-0.39, 0.29) is 13.0 Å². The number of amides is 1. The fourth-order valence-electron chi connectivity index (χ4n) is 1.56. The Labute approximate surface area is 105 Å². The highest BCUT2D eigenvalue weighted by Crippen LogP contribution is 2.25. The first-order chi connectivity index (χ1) is 7.74. The average Bonchev–Trinajstić information content (AvgIpc) is 2.58. The highest BCUT2D eigenvalue weighted by Gasteiger charge is 2.38. The Bertz CT molecular complexity index is 359. The lowest BCUT2D eigenvalue weighted by atomic mass is 10.2. The molecule has 0 aromatic rings. The summed E-state index contributed by atoms with van der Waals surface area (Å²) in [5.41, 5.74) is 1.39. The van der Waals surface area contributed by atoms with E-state index in [1.165, 1.54) is 10.4 Å². The SMILES string of the molecule is CC(C)(C)OC(=O)N1C/C(=C/Cl)C[C@H]1C(=O)O. The van der Waals surface area contributed by atoms with Crippen molar-refractivity contribution in [1.29, 1.82) is 0 Å². The summed E-state index contributed by atoms with van der Waals surface area (Å²) in [5, 5.41) is 9.02. The molecule has 1 heterocycles. The predicted molar refractivity (Wildman–Crippen MR) is 62.9 cm³/mol. The molecule has 1 aliphatic rings. The van der Waals surface area contributed by atoms with Crippen LogP contribution in [0, 0.1) is 0 Å². The van der Waals surface area contributed by atoms with Crippen LogP contribution in [-0.2, 0) is 9.53 Å². The summed E-state index contributed by atoms with van der Waals surface area (Å²) in [6.07, 6.45) is -0.378. The lowest BCUT2D eigenvalue weighted by Crippen LogP contribution is -2.43. The van der Waals surface area contributed by atoms with Gasteiger partial charge in [-0.05, 0) is 26.3 Å². The Morgan fingerprint density at radius 2 is 2.12 bits per heavy atom. The van der Waals surface area contributed by atoms with Crippen LogP contribution in [0.4, 0.5) is 4.79 Å². The van der Waals surface area contributed by atoms with Crippen molar-refractivity contribution in [2.24, 2.45) is 0 Å². The third-order valence-corrected chi connectivity index (χ3v) is 2.58. The molecule has 96 valence electrons. The molecular formula is C11H16ClNO4. The molecule has 1 fully saturated rings. The molecule has 6 heteroatoms. The molecule has 0 aliphatic carbocycles. The highest BCUT2D eigenvalue weighted by molar-refractivity contribution is 6.25. The van der Waals surface area contributed by atoms with Gasteiger partial charge in [0.25, 0.3) is 0 Å². The van der Waals surface area contributed by atoms with E-state index in [4.69, 9.17) is 21.4 Å². The number of aliphatic carboxylic acids is 1. The monoisotopic (exact) mass is 261 g/mol. The molecule has 0 aromatic carbocycles. The minimum atomic E-state index is -1.05. The van der Waals surface area contributed by atoms with Crippen LogP contribution in [0.15, 0.2) is 11.1 Å². The van der Waals surface area contributed by atoms with Gasteiger partial charge < -0.3 is 9.84 Å². The number of ether oxygens (including phenoxy) is 1. The van der Waals surface area contributed by atoms with Gasteiger partial charge in [0.2, 0.25) is 0 Å². The lowest BCUT2D eigenvalue weighted by molar-refractivity contribution is -0.142. The molecule has 1 N–H and O–H groups in total. The molecule has 1 saturated heterocycles. The Kier molecular flexibility index (Phi) is 4.03. The molecule has 1 atom stereocenters. The minimum absolute atomic E-state index is 0.204. The maximum Gasteiger partial charge on any atom is 0.411 e. The number of carboxylic acids is 1. The Morgan fingerprint density at radius 1 is 1.53 bits per heavy atom. The van der Waals surface area contributed by atoms with Crippen molar-refractivity contribution in [2.45, 2.75) is 38.8 Å². The lowest BCUT2D eigenvalue weighted by Gasteiger charge is -2.26. The van der Waals surface area contributed by atoms with Gasteiger partial charge in [-0.15, -0.1) is 0 Å². The quantitative estimate of drug-likeness (QED) is 0.786. The number of carbonyl (C=O) groups is 2. The Morgan fingerprint density at radius 3 is 2.53 bits per heavy atom. The van der Waals surface area contributed by atoms with Crippen LogP contribution in [0.3, 0.4) is 0 Å². The van der Waals surface area contributed by atoms with Crippen LogP contribution in [0.5, 0.6) is 0 Å². The molecule has 1 aliphatic heterocycles. The first-order valence-electron chi connectivity index (χ1n) is 5.25. The summed E-state index contributed by atoms with van der Waals surface area (Å²) in [5.74, 6) is -1.05. The summed E-state index contributed by atoms with van der Waals surface area (Å²) < 4.78 is 5.15. The molecule has 1 rings (SSSR count). The normalized spacial score (nSPS) is 22.9. The number of likely N-dealkylation sites (tertiary alicyclic amines) is 1. The number of carboxylic acid groups (broad SMARTS) is 1. The van der Waals surface area contributed by atoms with Crippen molar-refractivity contribution in [3.63, 3.8) is 0 Å². The van der Waals surface area contributed by atoms with Crippen molar-refractivity contribution in [2.75, 3.05) is 6.54 Å². The number of halogens is 1. The molecule has 0 saturated carbocycles. The third kappa shape index (κ3) is 3.63. The van der Waals surface area contributed by atoms with Crippen LogP contribution in [-0.4, -0.2) is 40.3 Å². The zero-order chi connectivity index (χ0) is 13.2. The summed E-state index contributed by atoms with van der Waals surface area (Å²) in [6, 6.07) is -0.894. The zero-order valence-electron chi connectivity index (χ0n) is 10.1. The molecule has 0 radical (unpaired) electrons. The van der Waals surface area contributed by atoms with Crippen LogP contribution < -0.4 is 0 Å². The molecule has 0 spiro atoms. The van der Waals surface area contributed by atoms with E-state index in [1.54, 1.807) is 20.8 Å². The van der Waals surface area contributed by atoms with Gasteiger partial charge in [0.1, 0.15) is 11.6 Å². The van der Waals surface area contributed by atoms with Crippen LogP contribution in [0.25, 0.3) is 0 Å². The maximum absolute atomic E-state index is 11.8. The first kappa shape index (κ1) is 13.8. The predicted octanol–water partition coefficient (Wildman–Crippen LogP) is 2.20. The smallest absolute Gasteiger partial charge is 0.411 e. The molecular weight excluding hydrogens is 246 g/mol. The van der Waals surface area contributed by atoms with Crippen LogP contribution in [0.2, 0.25) is 0 Å². The molecule has 0 unspecified atom stereocenters. The number of nitrogens with zero attached hydrogens (tertiary/aromatic N) is 1. The number of hydrogen-bond donors (Lipinski definition) is 1. The van der Waals surface area contributed by atoms with E-state index in [2.05, 4.69) is 0 Å². The fourth-order valence-corrected chi connectivity index (χ4v) is 1.72. The largest absolute Gasteiger partial charge is 0.480 e. The second kappa shape index (κ2) is 4.96. The summed E-state index contributed by atoms with van der Waals surface area (Å²) in [4.78, 5) is 24.0. The van der Waals surface area contributed by atoms with E-state index in [0.29, 0.717) is 5.57 Å². The molecule has 0 bridgehead atoms. The van der Waals surface area contributed by atoms with Gasteiger partial charge in [0.05, 0.1) is 0 Å². The fraction of sp³-hybridized carbons (Fsp3) is 0.636. The van der Waals surface area contributed by atoms with Gasteiger partial charge in [-0.1, -0.05) is 11.6 Å². The van der Waals surface area contributed by atoms with E-state index < -0.39 is 23.7 Å². The molecule has 1 amide bonds. The maximum atomic E-state index is 11.8. The summed E-state index contributed by atoms with van der Waals surface area (Å²) >= 11 is 5.55. The van der Waals surface area contributed by atoms with E-state index >= 15 is 0 Å². The molecule has 17 heavy (non-hydrogen) atoms. The summed E-state index contributed by atoms with van der Waals surface area (Å²) in [6.45, 7) is 5.40. The first-order valence-corrected chi connectivity index (χ1v) is 5.69. The van der Waals surface area contributed by atoms with Crippen molar-refractivity contribution in [3.8, 4) is 0 Å². The second-order valence-electron chi connectivity index (χ2n) is 4.93. The molecule has 0 aromatic heterocycles. The molecule has 5 nitrogen and oxygen atoms in total. The highest BCUT2D eigenvalue weighted by atomic mass is 35.5. The number of hydrogen-bond acceptors (Lipinski definition) is 3. The van der Waals surface area contributed by atoms with Gasteiger partial charge in [0.15, 0.2) is 0 Å². The van der Waals surface area contributed by atoms with Crippen molar-refractivity contribution < 1.29 is 19.4 Å². The second-order valence-corrected chi connectivity index (χ2v) is 5.15. The van der Waals surface area contributed by atoms with Crippen molar-refractivity contribution in [1.82, 2.24) is 4.90 Å². The van der Waals surface area contributed by atoms with Crippen LogP contribution in [0.1, 0.15) is 27.2 Å². The van der Waals surface area contributed by atoms with Crippen LogP contribution >= 0.6 is 11.6 Å². The standard InChI is InChI=1S/C11H16ClNO4/c1-11(2,3)17-10(16)13-6-7(5-12)4-8(13)9(14)15/h5,8H,4,6H2,1-3H3,(H,14,15)/b7-5+/t8-/m0/s1. The van der Waals surface area contributed by atoms with Gasteiger partial charge >= 0.3 is 12.1 Å².